The van der Waals surface area contributed by atoms with Crippen molar-refractivity contribution >= 4 is 32.1 Å². The quantitative estimate of drug-likeness (QED) is 0.176. The molecule has 0 heterocycles. The van der Waals surface area contributed by atoms with Crippen molar-refractivity contribution in [2.75, 3.05) is 0 Å². The van der Waals surface area contributed by atoms with Gasteiger partial charge in [-0.05, 0) is 120 Å². The summed E-state index contributed by atoms with van der Waals surface area (Å²) >= 11 is 0. The third-order valence-corrected chi connectivity index (χ3v) is 9.91. The number of hydrogen-bond donors (Lipinski definition) is 0. The molecule has 0 N–H and O–H groups in total. The molecule has 0 aromatic heterocycles. The molecule has 4 aromatic rings. The van der Waals surface area contributed by atoms with Crippen molar-refractivity contribution in [3.05, 3.63) is 164 Å². The molecule has 2 aliphatic carbocycles. The van der Waals surface area contributed by atoms with E-state index < -0.39 is 67.4 Å². The largest absolute Gasteiger partial charge is 0.228 e. The summed E-state index contributed by atoms with van der Waals surface area (Å²) in [5, 5.41) is 0. The van der Waals surface area contributed by atoms with E-state index in [0.29, 0.717) is 57.4 Å². The summed E-state index contributed by atoms with van der Waals surface area (Å²) < 4.78 is 115. The summed E-state index contributed by atoms with van der Waals surface area (Å²) in [7, 11) is -4.29. The predicted molar refractivity (Wildman–Crippen MR) is 172 cm³/mol. The van der Waals surface area contributed by atoms with Crippen molar-refractivity contribution in [1.82, 2.24) is 0 Å². The van der Waals surface area contributed by atoms with Gasteiger partial charge in [-0.1, -0.05) is 36.4 Å². The molecule has 2 aliphatic rings. The fraction of sp³-hybridized carbons (Fsp3) is 0.158. The Hall–Kier alpha value is -4.63. The van der Waals surface area contributed by atoms with Crippen LogP contribution in [0.2, 0.25) is 0 Å². The fourth-order valence-electron chi connectivity index (χ4n) is 6.05. The first-order valence-electron chi connectivity index (χ1n) is 14.8. The smallest absolute Gasteiger partial charge is 0.158 e. The molecular formula is C38H28F6O2S. The topological polar surface area (TPSA) is 34.1 Å². The SMILES string of the molecule is Cc1cc(C2=CCC=C2c2cc(F)c(CS(=O)(=O)Cc3cc(F)c(C4=CCC=C4c4ccc(F)c(C)c4)cc3F)cc2F)ccc1F. The van der Waals surface area contributed by atoms with E-state index >= 15 is 17.6 Å². The second kappa shape index (κ2) is 12.5. The highest BCUT2D eigenvalue weighted by Gasteiger charge is 2.25. The maximum Gasteiger partial charge on any atom is 0.158 e. The first-order valence-corrected chi connectivity index (χ1v) is 16.6. The van der Waals surface area contributed by atoms with Gasteiger partial charge in [0.15, 0.2) is 9.84 Å². The van der Waals surface area contributed by atoms with Crippen LogP contribution in [-0.2, 0) is 21.3 Å². The minimum absolute atomic E-state index is 0.0801. The minimum atomic E-state index is -4.29. The van der Waals surface area contributed by atoms with Crippen molar-refractivity contribution < 1.29 is 34.8 Å². The molecule has 0 aliphatic heterocycles. The highest BCUT2D eigenvalue weighted by Crippen LogP contribution is 2.40. The van der Waals surface area contributed by atoms with Gasteiger partial charge in [-0.25, -0.2) is 34.8 Å². The van der Waals surface area contributed by atoms with Crippen molar-refractivity contribution in [3.63, 3.8) is 0 Å². The number of benzene rings is 4. The molecule has 240 valence electrons. The Balaban J connectivity index is 1.22. The van der Waals surface area contributed by atoms with Gasteiger partial charge in [-0.3, -0.25) is 0 Å². The van der Waals surface area contributed by atoms with Crippen LogP contribution in [0.1, 0.15) is 57.3 Å². The third-order valence-electron chi connectivity index (χ3n) is 8.41. The Kier molecular flexibility index (Phi) is 8.61. The van der Waals surface area contributed by atoms with Gasteiger partial charge in [0.1, 0.15) is 34.9 Å². The van der Waals surface area contributed by atoms with Gasteiger partial charge in [0.05, 0.1) is 11.5 Å². The van der Waals surface area contributed by atoms with Crippen LogP contribution in [0.5, 0.6) is 0 Å². The molecule has 0 atom stereocenters. The molecule has 2 nitrogen and oxygen atoms in total. The van der Waals surface area contributed by atoms with Crippen LogP contribution in [0.3, 0.4) is 0 Å². The van der Waals surface area contributed by atoms with Gasteiger partial charge >= 0.3 is 0 Å². The lowest BCUT2D eigenvalue weighted by Gasteiger charge is -2.15. The van der Waals surface area contributed by atoms with E-state index in [1.165, 1.54) is 12.1 Å². The lowest BCUT2D eigenvalue weighted by molar-refractivity contribution is 0.570. The Labute approximate surface area is 269 Å². The van der Waals surface area contributed by atoms with Crippen LogP contribution in [-0.4, -0.2) is 8.42 Å². The number of hydrogen-bond acceptors (Lipinski definition) is 2. The fourth-order valence-corrected chi connectivity index (χ4v) is 7.54. The van der Waals surface area contributed by atoms with Crippen molar-refractivity contribution in [1.29, 1.82) is 0 Å². The number of aryl methyl sites for hydroxylation is 2. The summed E-state index contributed by atoms with van der Waals surface area (Å²) in [4.78, 5) is 0. The number of sulfone groups is 1. The lowest BCUT2D eigenvalue weighted by atomic mass is 9.93. The van der Waals surface area contributed by atoms with Crippen LogP contribution in [0.15, 0.2) is 85.0 Å². The molecule has 6 rings (SSSR count). The number of rotatable bonds is 8. The van der Waals surface area contributed by atoms with Crippen molar-refractivity contribution in [2.24, 2.45) is 0 Å². The zero-order valence-electron chi connectivity index (χ0n) is 25.4. The zero-order valence-corrected chi connectivity index (χ0v) is 26.2. The summed E-state index contributed by atoms with van der Waals surface area (Å²) in [6, 6.07) is 12.3. The highest BCUT2D eigenvalue weighted by atomic mass is 32.2. The van der Waals surface area contributed by atoms with E-state index in [1.54, 1.807) is 62.4 Å². The normalized spacial score (nSPS) is 14.6. The van der Waals surface area contributed by atoms with E-state index in [9.17, 15) is 17.2 Å². The van der Waals surface area contributed by atoms with E-state index in [2.05, 4.69) is 0 Å². The molecule has 4 aromatic carbocycles. The first-order chi connectivity index (χ1) is 22.3. The average Bonchev–Trinajstić information content (AvgIpc) is 3.70. The van der Waals surface area contributed by atoms with Crippen molar-refractivity contribution in [3.8, 4) is 0 Å². The minimum Gasteiger partial charge on any atom is -0.228 e. The van der Waals surface area contributed by atoms with Gasteiger partial charge in [-0.2, -0.15) is 0 Å². The Bertz CT molecular complexity index is 2040. The van der Waals surface area contributed by atoms with E-state index in [1.807, 2.05) is 0 Å². The molecule has 0 fully saturated rings. The van der Waals surface area contributed by atoms with Crippen LogP contribution >= 0.6 is 0 Å². The molecule has 0 unspecified atom stereocenters. The van der Waals surface area contributed by atoms with Crippen molar-refractivity contribution in [2.45, 2.75) is 38.2 Å². The standard InChI is InChI=1S/C38H28F6O2S/c1-21-13-23(9-11-33(21)39)27-5-3-7-29(27)31-17-35(41)25(15-37(31)43)19-47(45,46)20-26-16-38(44)32(18-36(26)42)30-8-4-6-28(30)24-10-12-34(40)22(2)14-24/h5-18H,3-4,19-20H2,1-2H3. The van der Waals surface area contributed by atoms with Gasteiger partial charge in [0.25, 0.3) is 0 Å². The van der Waals surface area contributed by atoms with E-state index in [4.69, 9.17) is 0 Å². The van der Waals surface area contributed by atoms with E-state index in [0.717, 1.165) is 24.3 Å². The van der Waals surface area contributed by atoms with Gasteiger partial charge in [-0.15, -0.1) is 0 Å². The second-order valence-corrected chi connectivity index (χ2v) is 13.8. The Morgan fingerprint density at radius 3 is 1.26 bits per heavy atom. The maximum absolute atomic E-state index is 15.4. The molecule has 0 saturated heterocycles. The summed E-state index contributed by atoms with van der Waals surface area (Å²) in [6.45, 7) is 3.19. The molecule has 0 bridgehead atoms. The molecule has 47 heavy (non-hydrogen) atoms. The maximum atomic E-state index is 15.4. The van der Waals surface area contributed by atoms with Gasteiger partial charge in [0, 0.05) is 22.3 Å². The molecule has 0 radical (unpaired) electrons. The molecular weight excluding hydrogens is 634 g/mol. The summed E-state index contributed by atoms with van der Waals surface area (Å²) in [5.74, 6) is -6.35. The molecule has 9 heteroatoms. The Morgan fingerprint density at radius 2 is 0.872 bits per heavy atom. The number of halogens is 6. The lowest BCUT2D eigenvalue weighted by Crippen LogP contribution is -2.12. The first kappa shape index (κ1) is 32.3. The van der Waals surface area contributed by atoms with E-state index in [-0.39, 0.29) is 11.1 Å². The average molecular weight is 663 g/mol. The van der Waals surface area contributed by atoms with Crippen LogP contribution in [0, 0.1) is 48.8 Å². The zero-order chi connectivity index (χ0) is 33.6. The van der Waals surface area contributed by atoms with Crippen LogP contribution in [0.25, 0.3) is 22.3 Å². The summed E-state index contributed by atoms with van der Waals surface area (Å²) in [5.41, 5.74) is 2.95. The van der Waals surface area contributed by atoms with Gasteiger partial charge < -0.3 is 0 Å². The highest BCUT2D eigenvalue weighted by molar-refractivity contribution is 7.89. The van der Waals surface area contributed by atoms with Gasteiger partial charge in [0.2, 0.25) is 0 Å². The second-order valence-electron chi connectivity index (χ2n) is 11.7. The van der Waals surface area contributed by atoms with Crippen LogP contribution < -0.4 is 0 Å². The predicted octanol–water partition coefficient (Wildman–Crippen LogP) is 9.99. The number of allylic oxidation sites excluding steroid dienone is 8. The molecule has 0 saturated carbocycles. The molecule has 0 amide bonds. The Morgan fingerprint density at radius 1 is 0.489 bits per heavy atom. The summed E-state index contributed by atoms with van der Waals surface area (Å²) in [6.07, 6.45) is 7.90. The monoisotopic (exact) mass is 662 g/mol. The van der Waals surface area contributed by atoms with Crippen LogP contribution in [0.4, 0.5) is 26.3 Å². The third kappa shape index (κ3) is 6.49. The molecule has 0 spiro atoms.